The molecule has 9 N–H and O–H groups in total. The van der Waals surface area contributed by atoms with Crippen molar-refractivity contribution < 1.29 is 19.8 Å². The standard InChI is InChI=1S/C20H40N6O4/c1-14(2)13-26-20(30)19(29)15(27)9-10-18(28)25-12-11-24-17(23)8-6-4-3-5-7-16(21)22/h14-15,19,27,29H,3-13H2,1-2H3,(H3,21,22)(H2,23,24)(H,25,28)(H,26,30)/t15-,19+/m1/s1. The van der Waals surface area contributed by atoms with Gasteiger partial charge in [0.2, 0.25) is 5.91 Å². The van der Waals surface area contributed by atoms with Gasteiger partial charge in [-0.25, -0.2) is 0 Å². The molecule has 0 aromatic rings. The summed E-state index contributed by atoms with van der Waals surface area (Å²) in [6.07, 6.45) is 2.29. The summed E-state index contributed by atoms with van der Waals surface area (Å²) >= 11 is 0. The van der Waals surface area contributed by atoms with Gasteiger partial charge in [0.1, 0.15) is 0 Å². The molecule has 0 aliphatic heterocycles. The average Bonchev–Trinajstić information content (AvgIpc) is 2.69. The lowest BCUT2D eigenvalue weighted by Crippen LogP contribution is -2.43. The van der Waals surface area contributed by atoms with Gasteiger partial charge in [-0.05, 0) is 25.2 Å². The van der Waals surface area contributed by atoms with Crippen LogP contribution < -0.4 is 22.1 Å². The lowest BCUT2D eigenvalue weighted by Gasteiger charge is -2.18. The van der Waals surface area contributed by atoms with Crippen LogP contribution in [-0.4, -0.2) is 65.5 Å². The first-order valence-electron chi connectivity index (χ1n) is 10.7. The topological polar surface area (TPSA) is 187 Å². The number of aliphatic hydroxyl groups is 2. The van der Waals surface area contributed by atoms with Crippen molar-refractivity contribution in [3.63, 3.8) is 0 Å². The molecule has 10 nitrogen and oxygen atoms in total. The number of carbonyl (C=O) groups excluding carboxylic acids is 2. The minimum absolute atomic E-state index is 0.00481. The van der Waals surface area contributed by atoms with E-state index >= 15 is 0 Å². The highest BCUT2D eigenvalue weighted by molar-refractivity contribution is 5.81. The fourth-order valence-corrected chi connectivity index (χ4v) is 2.56. The molecule has 0 aromatic carbocycles. The second-order valence-electron chi connectivity index (χ2n) is 7.85. The number of aliphatic imine (C=N–C) groups is 1. The summed E-state index contributed by atoms with van der Waals surface area (Å²) in [4.78, 5) is 27.7. The molecule has 0 fully saturated rings. The van der Waals surface area contributed by atoms with Crippen LogP contribution in [0.1, 0.15) is 65.2 Å². The highest BCUT2D eigenvalue weighted by Crippen LogP contribution is 2.05. The zero-order valence-electron chi connectivity index (χ0n) is 18.3. The highest BCUT2D eigenvalue weighted by atomic mass is 16.3. The molecule has 0 spiro atoms. The van der Waals surface area contributed by atoms with Crippen LogP contribution in [-0.2, 0) is 9.59 Å². The molecular weight excluding hydrogens is 388 g/mol. The molecule has 2 atom stereocenters. The number of amidine groups is 2. The molecule has 2 amide bonds. The van der Waals surface area contributed by atoms with E-state index in [0.29, 0.717) is 38.3 Å². The summed E-state index contributed by atoms with van der Waals surface area (Å²) in [5.41, 5.74) is 11.1. The third kappa shape index (κ3) is 15.7. The Morgan fingerprint density at radius 2 is 1.63 bits per heavy atom. The maximum absolute atomic E-state index is 11.8. The Bertz CT molecular complexity index is 553. The summed E-state index contributed by atoms with van der Waals surface area (Å²) in [6, 6.07) is 0. The van der Waals surface area contributed by atoms with Crippen LogP contribution in [0.5, 0.6) is 0 Å². The molecule has 0 heterocycles. The molecule has 0 aliphatic rings. The van der Waals surface area contributed by atoms with Crippen molar-refractivity contribution >= 4 is 23.5 Å². The van der Waals surface area contributed by atoms with Gasteiger partial charge in [-0.15, -0.1) is 0 Å². The second kappa shape index (κ2) is 16.6. The number of unbranched alkanes of at least 4 members (excludes halogenated alkanes) is 3. The van der Waals surface area contributed by atoms with E-state index in [4.69, 9.17) is 16.9 Å². The van der Waals surface area contributed by atoms with Gasteiger partial charge in [0.25, 0.3) is 5.91 Å². The van der Waals surface area contributed by atoms with Crippen LogP contribution in [0, 0.1) is 11.3 Å². The molecule has 0 rings (SSSR count). The number of hydrogen-bond acceptors (Lipinski definition) is 6. The normalized spacial score (nSPS) is 13.7. The Morgan fingerprint density at radius 1 is 1.00 bits per heavy atom. The first-order chi connectivity index (χ1) is 14.1. The highest BCUT2D eigenvalue weighted by Gasteiger charge is 2.24. The second-order valence-corrected chi connectivity index (χ2v) is 7.85. The van der Waals surface area contributed by atoms with Gasteiger partial charge in [0.15, 0.2) is 6.10 Å². The zero-order valence-corrected chi connectivity index (χ0v) is 18.3. The van der Waals surface area contributed by atoms with Crippen molar-refractivity contribution in [2.24, 2.45) is 22.4 Å². The molecule has 0 aliphatic carbocycles. The molecular formula is C20H40N6O4. The van der Waals surface area contributed by atoms with Crippen LogP contribution in [0.2, 0.25) is 0 Å². The number of rotatable bonds is 17. The molecule has 0 saturated heterocycles. The number of aliphatic hydroxyl groups excluding tert-OH is 2. The molecule has 0 aromatic heterocycles. The Balaban J connectivity index is 3.86. The predicted octanol–water partition coefficient (Wildman–Crippen LogP) is 0.0106. The Hall–Kier alpha value is -2.20. The summed E-state index contributed by atoms with van der Waals surface area (Å²) in [7, 11) is 0. The number of hydrogen-bond donors (Lipinski definition) is 7. The fraction of sp³-hybridized carbons (Fsp3) is 0.800. The molecule has 0 radical (unpaired) electrons. The molecule has 10 heteroatoms. The van der Waals surface area contributed by atoms with Gasteiger partial charge in [-0.1, -0.05) is 26.7 Å². The summed E-state index contributed by atoms with van der Waals surface area (Å²) in [5.74, 6) is 0.0691. The first-order valence-corrected chi connectivity index (χ1v) is 10.7. The Labute approximate surface area is 179 Å². The lowest BCUT2D eigenvalue weighted by atomic mass is 10.1. The lowest BCUT2D eigenvalue weighted by molar-refractivity contribution is -0.136. The van der Waals surface area contributed by atoms with E-state index < -0.39 is 18.1 Å². The summed E-state index contributed by atoms with van der Waals surface area (Å²) < 4.78 is 0. The number of amides is 2. The van der Waals surface area contributed by atoms with E-state index in [1.54, 1.807) is 0 Å². The third-order valence-corrected chi connectivity index (χ3v) is 4.36. The van der Waals surface area contributed by atoms with E-state index in [1.807, 2.05) is 13.8 Å². The largest absolute Gasteiger partial charge is 0.390 e. The smallest absolute Gasteiger partial charge is 0.251 e. The van der Waals surface area contributed by atoms with Crippen molar-refractivity contribution in [3.05, 3.63) is 0 Å². The van der Waals surface area contributed by atoms with E-state index in [0.717, 1.165) is 25.7 Å². The Morgan fingerprint density at radius 3 is 2.23 bits per heavy atom. The summed E-state index contributed by atoms with van der Waals surface area (Å²) in [5, 5.41) is 32.0. The van der Waals surface area contributed by atoms with Gasteiger partial charge in [0.05, 0.1) is 24.3 Å². The maximum Gasteiger partial charge on any atom is 0.251 e. The van der Waals surface area contributed by atoms with Crippen molar-refractivity contribution in [2.45, 2.75) is 77.4 Å². The first kappa shape index (κ1) is 27.8. The van der Waals surface area contributed by atoms with E-state index in [-0.39, 0.29) is 30.5 Å². The Kier molecular flexibility index (Phi) is 15.4. The van der Waals surface area contributed by atoms with Gasteiger partial charge in [-0.3, -0.25) is 20.0 Å². The molecule has 0 saturated carbocycles. The van der Waals surface area contributed by atoms with Crippen molar-refractivity contribution in [2.75, 3.05) is 19.6 Å². The van der Waals surface area contributed by atoms with Crippen LogP contribution in [0.15, 0.2) is 4.99 Å². The van der Waals surface area contributed by atoms with Crippen LogP contribution in [0.25, 0.3) is 0 Å². The summed E-state index contributed by atoms with van der Waals surface area (Å²) in [6.45, 7) is 4.94. The van der Waals surface area contributed by atoms with Gasteiger partial charge in [0, 0.05) is 32.4 Å². The van der Waals surface area contributed by atoms with Gasteiger partial charge in [-0.2, -0.15) is 0 Å². The molecule has 0 bridgehead atoms. The minimum Gasteiger partial charge on any atom is -0.390 e. The molecule has 174 valence electrons. The van der Waals surface area contributed by atoms with E-state index in [2.05, 4.69) is 15.6 Å². The van der Waals surface area contributed by atoms with Crippen LogP contribution >= 0.6 is 0 Å². The minimum atomic E-state index is -1.55. The van der Waals surface area contributed by atoms with Crippen LogP contribution in [0.3, 0.4) is 0 Å². The van der Waals surface area contributed by atoms with Gasteiger partial charge >= 0.3 is 0 Å². The van der Waals surface area contributed by atoms with E-state index in [1.165, 1.54) is 0 Å². The molecule has 0 unspecified atom stereocenters. The monoisotopic (exact) mass is 428 g/mol. The number of nitrogens with one attached hydrogen (secondary N) is 3. The fourth-order valence-electron chi connectivity index (χ4n) is 2.56. The maximum atomic E-state index is 11.8. The number of nitrogens with zero attached hydrogens (tertiary/aromatic N) is 1. The third-order valence-electron chi connectivity index (χ3n) is 4.36. The van der Waals surface area contributed by atoms with Crippen molar-refractivity contribution in [1.29, 1.82) is 5.41 Å². The number of carbonyl (C=O) groups is 2. The van der Waals surface area contributed by atoms with Gasteiger partial charge < -0.3 is 32.3 Å². The predicted molar refractivity (Wildman–Crippen MR) is 118 cm³/mol. The zero-order chi connectivity index (χ0) is 22.9. The van der Waals surface area contributed by atoms with Crippen molar-refractivity contribution in [3.8, 4) is 0 Å². The van der Waals surface area contributed by atoms with Crippen LogP contribution in [0.4, 0.5) is 0 Å². The number of nitrogens with two attached hydrogens (primary N) is 2. The van der Waals surface area contributed by atoms with Crippen molar-refractivity contribution in [1.82, 2.24) is 10.6 Å². The SMILES string of the molecule is CC(C)CNC(=O)[C@@H](O)[C@H](O)CCC(=O)NCCN=C(N)CCCCCCC(=N)N. The molecule has 30 heavy (non-hydrogen) atoms. The average molecular weight is 429 g/mol. The quantitative estimate of drug-likeness (QED) is 0.0970. The van der Waals surface area contributed by atoms with E-state index in [9.17, 15) is 19.8 Å².